The highest BCUT2D eigenvalue weighted by Gasteiger charge is 2.30. The summed E-state index contributed by atoms with van der Waals surface area (Å²) in [7, 11) is 0. The third-order valence-electron chi connectivity index (χ3n) is 3.90. The molecule has 1 aliphatic rings. The van der Waals surface area contributed by atoms with E-state index in [1.54, 1.807) is 11.6 Å². The van der Waals surface area contributed by atoms with E-state index in [1.807, 2.05) is 6.92 Å². The number of hydrogen-bond acceptors (Lipinski definition) is 4. The van der Waals surface area contributed by atoms with Gasteiger partial charge in [-0.3, -0.25) is 9.48 Å². The Hall–Kier alpha value is -1.56. The van der Waals surface area contributed by atoms with Gasteiger partial charge in [-0.25, -0.2) is 0 Å². The number of amides is 1. The molecule has 1 saturated carbocycles. The number of nitrogens with zero attached hydrogens (tertiary/aromatic N) is 2. The van der Waals surface area contributed by atoms with Crippen LogP contribution in [0.2, 0.25) is 0 Å². The lowest BCUT2D eigenvalue weighted by atomic mass is 10.0. The van der Waals surface area contributed by atoms with E-state index in [0.29, 0.717) is 23.6 Å². The molecule has 0 aliphatic heterocycles. The molecule has 6 nitrogen and oxygen atoms in total. The average Bonchev–Trinajstić information content (AvgIpc) is 2.94. The minimum atomic E-state index is -0.190. The summed E-state index contributed by atoms with van der Waals surface area (Å²) in [5, 5.41) is 16.5. The van der Waals surface area contributed by atoms with Crippen molar-refractivity contribution < 1.29 is 9.90 Å². The van der Waals surface area contributed by atoms with Crippen LogP contribution in [0.25, 0.3) is 0 Å². The number of aromatic nitrogens is 2. The van der Waals surface area contributed by atoms with E-state index in [9.17, 15) is 9.90 Å². The Labute approximate surface area is 113 Å². The topological polar surface area (TPSA) is 93.2 Å². The average molecular weight is 266 g/mol. The lowest BCUT2D eigenvalue weighted by molar-refractivity contribution is 0.0906. The smallest absolute Gasteiger partial charge is 0.271 e. The predicted octanol–water partition coefficient (Wildman–Crippen LogP) is 0.684. The SMILES string of the molecule is CCn1nc(C)c(N)c1C(=O)NC1CCCC1CO. The summed E-state index contributed by atoms with van der Waals surface area (Å²) < 4.78 is 1.63. The zero-order valence-corrected chi connectivity index (χ0v) is 11.5. The third kappa shape index (κ3) is 2.58. The van der Waals surface area contributed by atoms with Gasteiger partial charge in [0.05, 0.1) is 11.4 Å². The van der Waals surface area contributed by atoms with Crippen LogP contribution in [0.3, 0.4) is 0 Å². The molecular weight excluding hydrogens is 244 g/mol. The van der Waals surface area contributed by atoms with Crippen LogP contribution in [0.15, 0.2) is 0 Å². The van der Waals surface area contributed by atoms with Crippen molar-refractivity contribution in [1.82, 2.24) is 15.1 Å². The summed E-state index contributed by atoms with van der Waals surface area (Å²) in [5.74, 6) is -0.0328. The number of aliphatic hydroxyl groups excluding tert-OH is 1. The van der Waals surface area contributed by atoms with Crippen LogP contribution in [0, 0.1) is 12.8 Å². The molecule has 1 heterocycles. The minimum Gasteiger partial charge on any atom is -0.396 e. The number of carbonyl (C=O) groups excluding carboxylic acids is 1. The van der Waals surface area contributed by atoms with Crippen LogP contribution in [0.5, 0.6) is 0 Å². The second-order valence-corrected chi connectivity index (χ2v) is 5.12. The molecule has 0 saturated heterocycles. The molecule has 0 spiro atoms. The fourth-order valence-corrected chi connectivity index (χ4v) is 2.75. The van der Waals surface area contributed by atoms with Crippen molar-refractivity contribution in [1.29, 1.82) is 0 Å². The van der Waals surface area contributed by atoms with E-state index in [2.05, 4.69) is 10.4 Å². The number of nitrogen functional groups attached to an aromatic ring is 1. The molecule has 1 aromatic rings. The molecule has 19 heavy (non-hydrogen) atoms. The summed E-state index contributed by atoms with van der Waals surface area (Å²) in [6, 6.07) is 0.0393. The second-order valence-electron chi connectivity index (χ2n) is 5.12. The molecule has 1 aromatic heterocycles. The highest BCUT2D eigenvalue weighted by Crippen LogP contribution is 2.26. The number of hydrogen-bond donors (Lipinski definition) is 3. The largest absolute Gasteiger partial charge is 0.396 e. The van der Waals surface area contributed by atoms with Crippen LogP contribution in [0.4, 0.5) is 5.69 Å². The molecule has 2 atom stereocenters. The Balaban J connectivity index is 2.16. The normalized spacial score (nSPS) is 22.7. The van der Waals surface area contributed by atoms with Crippen molar-refractivity contribution in [3.05, 3.63) is 11.4 Å². The Morgan fingerprint density at radius 3 is 2.95 bits per heavy atom. The number of anilines is 1. The van der Waals surface area contributed by atoms with Gasteiger partial charge in [0, 0.05) is 25.1 Å². The molecule has 1 aliphatic carbocycles. The van der Waals surface area contributed by atoms with Crippen LogP contribution >= 0.6 is 0 Å². The van der Waals surface area contributed by atoms with Gasteiger partial charge in [-0.05, 0) is 26.7 Å². The Morgan fingerprint density at radius 1 is 1.58 bits per heavy atom. The first-order chi connectivity index (χ1) is 9.08. The quantitative estimate of drug-likeness (QED) is 0.747. The number of nitrogens with one attached hydrogen (secondary N) is 1. The van der Waals surface area contributed by atoms with Gasteiger partial charge < -0.3 is 16.2 Å². The lowest BCUT2D eigenvalue weighted by Crippen LogP contribution is -2.39. The number of nitrogens with two attached hydrogens (primary N) is 1. The second kappa shape index (κ2) is 5.61. The first kappa shape index (κ1) is 13.9. The maximum atomic E-state index is 12.3. The van der Waals surface area contributed by atoms with E-state index in [4.69, 9.17) is 5.73 Å². The van der Waals surface area contributed by atoms with Crippen LogP contribution in [-0.4, -0.2) is 33.4 Å². The number of rotatable bonds is 4. The van der Waals surface area contributed by atoms with Crippen molar-refractivity contribution in [3.8, 4) is 0 Å². The van der Waals surface area contributed by atoms with Crippen molar-refractivity contribution in [2.75, 3.05) is 12.3 Å². The minimum absolute atomic E-state index is 0.0393. The molecule has 1 amide bonds. The van der Waals surface area contributed by atoms with Gasteiger partial charge >= 0.3 is 0 Å². The molecule has 0 bridgehead atoms. The number of aryl methyl sites for hydroxylation is 2. The zero-order valence-electron chi connectivity index (χ0n) is 11.5. The van der Waals surface area contributed by atoms with E-state index in [0.717, 1.165) is 19.3 Å². The van der Waals surface area contributed by atoms with E-state index in [-0.39, 0.29) is 24.5 Å². The highest BCUT2D eigenvalue weighted by molar-refractivity contribution is 5.98. The molecule has 0 aromatic carbocycles. The molecule has 2 unspecified atom stereocenters. The van der Waals surface area contributed by atoms with Crippen LogP contribution in [0.1, 0.15) is 42.4 Å². The Morgan fingerprint density at radius 2 is 2.32 bits per heavy atom. The van der Waals surface area contributed by atoms with Gasteiger partial charge in [-0.1, -0.05) is 6.42 Å². The fourth-order valence-electron chi connectivity index (χ4n) is 2.75. The van der Waals surface area contributed by atoms with Gasteiger partial charge in [0.25, 0.3) is 5.91 Å². The van der Waals surface area contributed by atoms with Crippen molar-refractivity contribution in [3.63, 3.8) is 0 Å². The molecule has 2 rings (SSSR count). The van der Waals surface area contributed by atoms with Gasteiger partial charge in [-0.15, -0.1) is 0 Å². The third-order valence-corrected chi connectivity index (χ3v) is 3.90. The first-order valence-electron chi connectivity index (χ1n) is 6.83. The van der Waals surface area contributed by atoms with Crippen molar-refractivity contribution >= 4 is 11.6 Å². The fraction of sp³-hybridized carbons (Fsp3) is 0.692. The van der Waals surface area contributed by atoms with Gasteiger partial charge in [0.1, 0.15) is 5.69 Å². The monoisotopic (exact) mass is 266 g/mol. The van der Waals surface area contributed by atoms with Gasteiger partial charge in [-0.2, -0.15) is 5.10 Å². The van der Waals surface area contributed by atoms with E-state index in [1.165, 1.54) is 0 Å². The molecule has 106 valence electrons. The maximum Gasteiger partial charge on any atom is 0.271 e. The first-order valence-corrected chi connectivity index (χ1v) is 6.83. The van der Waals surface area contributed by atoms with Crippen molar-refractivity contribution in [2.24, 2.45) is 5.92 Å². The molecule has 4 N–H and O–H groups in total. The number of carbonyl (C=O) groups is 1. The van der Waals surface area contributed by atoms with Gasteiger partial charge in [0.2, 0.25) is 0 Å². The summed E-state index contributed by atoms with van der Waals surface area (Å²) in [4.78, 5) is 12.3. The molecule has 0 radical (unpaired) electrons. The number of aliphatic hydroxyl groups is 1. The summed E-state index contributed by atoms with van der Waals surface area (Å²) >= 11 is 0. The standard InChI is InChI=1S/C13H22N4O2/c1-3-17-12(11(14)8(2)16-17)13(19)15-10-6-4-5-9(10)7-18/h9-10,18H,3-7,14H2,1-2H3,(H,15,19). The molecule has 6 heteroatoms. The lowest BCUT2D eigenvalue weighted by Gasteiger charge is -2.19. The predicted molar refractivity (Wildman–Crippen MR) is 72.7 cm³/mol. The summed E-state index contributed by atoms with van der Waals surface area (Å²) in [6.45, 7) is 4.44. The van der Waals surface area contributed by atoms with E-state index >= 15 is 0 Å². The van der Waals surface area contributed by atoms with Gasteiger partial charge in [0.15, 0.2) is 0 Å². The Bertz CT molecular complexity index is 469. The Kier molecular flexibility index (Phi) is 4.09. The summed E-state index contributed by atoms with van der Waals surface area (Å²) in [5.41, 5.74) is 7.48. The zero-order chi connectivity index (χ0) is 14.0. The van der Waals surface area contributed by atoms with Crippen LogP contribution < -0.4 is 11.1 Å². The van der Waals surface area contributed by atoms with E-state index < -0.39 is 0 Å². The maximum absolute atomic E-state index is 12.3. The highest BCUT2D eigenvalue weighted by atomic mass is 16.3. The van der Waals surface area contributed by atoms with Crippen LogP contribution in [-0.2, 0) is 6.54 Å². The molecular formula is C13H22N4O2. The van der Waals surface area contributed by atoms with Crippen molar-refractivity contribution in [2.45, 2.75) is 45.7 Å². The summed E-state index contributed by atoms with van der Waals surface area (Å²) in [6.07, 6.45) is 2.91. The molecule has 1 fully saturated rings.